The van der Waals surface area contributed by atoms with E-state index in [1.165, 1.54) is 12.1 Å². The van der Waals surface area contributed by atoms with Gasteiger partial charge in [0.15, 0.2) is 0 Å². The van der Waals surface area contributed by atoms with E-state index in [0.29, 0.717) is 47.5 Å². The smallest absolute Gasteiger partial charge is 0.252 e. The zero-order valence-corrected chi connectivity index (χ0v) is 20.3. The summed E-state index contributed by atoms with van der Waals surface area (Å²) >= 11 is 5.86. The maximum Gasteiger partial charge on any atom is 0.252 e. The Bertz CT molecular complexity index is 1410. The van der Waals surface area contributed by atoms with Gasteiger partial charge in [-0.15, -0.1) is 0 Å². The van der Waals surface area contributed by atoms with Crippen molar-refractivity contribution in [3.05, 3.63) is 88.3 Å². The number of hydrogen-bond donors (Lipinski definition) is 1. The fourth-order valence-electron chi connectivity index (χ4n) is 4.37. The Morgan fingerprint density at radius 1 is 1.25 bits per heavy atom. The van der Waals surface area contributed by atoms with E-state index in [0.717, 1.165) is 5.39 Å². The number of ether oxygens (including phenoxy) is 1. The van der Waals surface area contributed by atoms with Crippen molar-refractivity contribution in [2.45, 2.75) is 25.1 Å². The van der Waals surface area contributed by atoms with Crippen molar-refractivity contribution in [2.24, 2.45) is 13.0 Å². The van der Waals surface area contributed by atoms with Crippen LogP contribution in [0.3, 0.4) is 0 Å². The summed E-state index contributed by atoms with van der Waals surface area (Å²) in [4.78, 5) is 22.3. The summed E-state index contributed by atoms with van der Waals surface area (Å²) < 4.78 is 35.2. The normalized spacial score (nSPS) is 18.8. The van der Waals surface area contributed by atoms with Crippen molar-refractivity contribution in [3.8, 4) is 0 Å². The Kier molecular flexibility index (Phi) is 6.93. The molecule has 36 heavy (non-hydrogen) atoms. The molecule has 1 fully saturated rings. The van der Waals surface area contributed by atoms with Gasteiger partial charge in [-0.25, -0.2) is 18.7 Å². The first-order valence-electron chi connectivity index (χ1n) is 11.6. The lowest BCUT2D eigenvalue weighted by Gasteiger charge is -2.25. The van der Waals surface area contributed by atoms with Gasteiger partial charge in [0.1, 0.15) is 17.8 Å². The van der Waals surface area contributed by atoms with Gasteiger partial charge in [0.2, 0.25) is 0 Å². The first-order valence-corrected chi connectivity index (χ1v) is 12.0. The zero-order valence-electron chi connectivity index (χ0n) is 19.5. The van der Waals surface area contributed by atoms with Crippen LogP contribution in [-0.2, 0) is 18.2 Å². The molecular formula is C26H24ClF2N5O2. The molecule has 2 aromatic carbocycles. The molecule has 0 saturated carbocycles. The van der Waals surface area contributed by atoms with Gasteiger partial charge in [-0.2, -0.15) is 5.10 Å². The lowest BCUT2D eigenvalue weighted by atomic mass is 9.94. The molecule has 4 aromatic rings. The summed E-state index contributed by atoms with van der Waals surface area (Å²) in [7, 11) is 1.76. The largest absolute Gasteiger partial charge is 0.378 e. The van der Waals surface area contributed by atoms with Gasteiger partial charge in [-0.05, 0) is 36.2 Å². The Balaban J connectivity index is 1.41. The third kappa shape index (κ3) is 5.22. The van der Waals surface area contributed by atoms with E-state index in [1.54, 1.807) is 54.6 Å². The molecule has 3 heterocycles. The van der Waals surface area contributed by atoms with Crippen LogP contribution in [0.1, 0.15) is 39.8 Å². The van der Waals surface area contributed by atoms with Crippen LogP contribution < -0.4 is 5.32 Å². The maximum atomic E-state index is 14.2. The number of benzene rings is 2. The van der Waals surface area contributed by atoms with Crippen LogP contribution in [0.2, 0.25) is 5.02 Å². The zero-order chi connectivity index (χ0) is 25.2. The predicted molar refractivity (Wildman–Crippen MR) is 131 cm³/mol. The number of carbonyl (C=O) groups is 1. The van der Waals surface area contributed by atoms with Gasteiger partial charge < -0.3 is 10.1 Å². The minimum atomic E-state index is -1.04. The first-order chi connectivity index (χ1) is 17.4. The highest BCUT2D eigenvalue weighted by Crippen LogP contribution is 2.27. The second-order valence-corrected chi connectivity index (χ2v) is 9.34. The summed E-state index contributed by atoms with van der Waals surface area (Å²) in [5.41, 5.74) is 2.19. The van der Waals surface area contributed by atoms with Crippen molar-refractivity contribution >= 4 is 28.4 Å². The summed E-state index contributed by atoms with van der Waals surface area (Å²) in [6.45, 7) is 0.622. The highest BCUT2D eigenvalue weighted by atomic mass is 35.5. The molecule has 0 spiro atoms. The average molecular weight is 512 g/mol. The molecule has 0 radical (unpaired) electrons. The molecule has 10 heteroatoms. The minimum absolute atomic E-state index is 0.000126. The summed E-state index contributed by atoms with van der Waals surface area (Å²) in [6.07, 6.45) is 5.03. The molecule has 3 atom stereocenters. The van der Waals surface area contributed by atoms with E-state index in [2.05, 4.69) is 20.4 Å². The first kappa shape index (κ1) is 24.3. The van der Waals surface area contributed by atoms with E-state index >= 15 is 0 Å². The second-order valence-electron chi connectivity index (χ2n) is 8.93. The van der Waals surface area contributed by atoms with Crippen LogP contribution in [0.4, 0.5) is 8.78 Å². The number of carbonyl (C=O) groups excluding carboxylic acids is 1. The van der Waals surface area contributed by atoms with Crippen molar-refractivity contribution in [3.63, 3.8) is 0 Å². The van der Waals surface area contributed by atoms with Crippen molar-refractivity contribution in [2.75, 3.05) is 13.2 Å². The van der Waals surface area contributed by atoms with Crippen LogP contribution in [0.5, 0.6) is 0 Å². The van der Waals surface area contributed by atoms with Gasteiger partial charge in [0.25, 0.3) is 5.91 Å². The summed E-state index contributed by atoms with van der Waals surface area (Å²) in [5.74, 6) is -0.607. The van der Waals surface area contributed by atoms with Crippen molar-refractivity contribution < 1.29 is 18.3 Å². The summed E-state index contributed by atoms with van der Waals surface area (Å²) in [6, 6.07) is 8.89. The third-order valence-electron chi connectivity index (χ3n) is 6.37. The minimum Gasteiger partial charge on any atom is -0.378 e. The number of fused-ring (bicyclic) bond motifs is 1. The molecule has 7 nitrogen and oxygen atoms in total. The van der Waals surface area contributed by atoms with Gasteiger partial charge in [0, 0.05) is 54.9 Å². The molecule has 0 bridgehead atoms. The fourth-order valence-corrected chi connectivity index (χ4v) is 4.49. The van der Waals surface area contributed by atoms with Gasteiger partial charge in [0.05, 0.1) is 29.4 Å². The number of nitrogens with one attached hydrogen (secondary N) is 1. The molecule has 1 aliphatic heterocycles. The molecular weight excluding hydrogens is 488 g/mol. The molecule has 0 unspecified atom stereocenters. The van der Waals surface area contributed by atoms with E-state index in [1.807, 2.05) is 0 Å². The molecule has 2 aromatic heterocycles. The van der Waals surface area contributed by atoms with Crippen molar-refractivity contribution in [1.82, 2.24) is 25.1 Å². The molecule has 1 amide bonds. The van der Waals surface area contributed by atoms with Crippen LogP contribution in [-0.4, -0.2) is 45.0 Å². The Labute approximate surface area is 211 Å². The number of alkyl halides is 1. The predicted octanol–water partition coefficient (Wildman–Crippen LogP) is 4.59. The number of halogens is 3. The third-order valence-corrected chi connectivity index (χ3v) is 6.68. The van der Waals surface area contributed by atoms with Gasteiger partial charge in [-0.1, -0.05) is 23.7 Å². The van der Waals surface area contributed by atoms with Crippen LogP contribution >= 0.6 is 11.6 Å². The molecule has 186 valence electrons. The quantitative estimate of drug-likeness (QED) is 0.409. The standard InChI is InChI=1S/C26H24ClF2N5O2/c1-34-13-19(12-31-34)25(16-4-5-20(27)21(28)8-16)33-26(35)17-2-3-18-11-30-24(32-23(18)9-17)10-15-6-7-36-14-22(15)29/h2-5,8-9,11-13,15,22,25H,6-7,10,14H2,1H3,(H,33,35)/t15-,22+,25+/m1/s1. The van der Waals surface area contributed by atoms with E-state index in [-0.39, 0.29) is 23.5 Å². The van der Waals surface area contributed by atoms with Crippen molar-refractivity contribution in [1.29, 1.82) is 0 Å². The Hall–Kier alpha value is -3.43. The lowest BCUT2D eigenvalue weighted by Crippen LogP contribution is -2.30. The molecule has 1 aliphatic rings. The van der Waals surface area contributed by atoms with Gasteiger partial charge in [-0.3, -0.25) is 9.48 Å². The highest BCUT2D eigenvalue weighted by molar-refractivity contribution is 6.30. The topological polar surface area (TPSA) is 81.9 Å². The molecule has 0 aliphatic carbocycles. The Morgan fingerprint density at radius 2 is 2.11 bits per heavy atom. The molecule has 1 saturated heterocycles. The Morgan fingerprint density at radius 3 is 2.86 bits per heavy atom. The molecule has 5 rings (SSSR count). The van der Waals surface area contributed by atoms with Gasteiger partial charge >= 0.3 is 0 Å². The SMILES string of the molecule is Cn1cc([C@@H](NC(=O)c2ccc3cnc(C[C@H]4CCOC[C@@H]4F)nc3c2)c2ccc(Cl)c(F)c2)cn1. The van der Waals surface area contributed by atoms with E-state index < -0.39 is 18.0 Å². The second kappa shape index (κ2) is 10.3. The molecule has 1 N–H and O–H groups in total. The number of amides is 1. The lowest BCUT2D eigenvalue weighted by molar-refractivity contribution is -0.00172. The van der Waals surface area contributed by atoms with Crippen LogP contribution in [0.15, 0.2) is 55.0 Å². The number of nitrogens with zero attached hydrogens (tertiary/aromatic N) is 4. The fraction of sp³-hybridized carbons (Fsp3) is 0.308. The van der Waals surface area contributed by atoms with E-state index in [4.69, 9.17) is 16.3 Å². The van der Waals surface area contributed by atoms with E-state index in [9.17, 15) is 13.6 Å². The number of hydrogen-bond acceptors (Lipinski definition) is 5. The number of aryl methyl sites for hydroxylation is 1. The summed E-state index contributed by atoms with van der Waals surface area (Å²) in [5, 5.41) is 7.91. The number of aromatic nitrogens is 4. The average Bonchev–Trinajstić information content (AvgIpc) is 3.31. The number of rotatable bonds is 6. The monoisotopic (exact) mass is 511 g/mol. The van der Waals surface area contributed by atoms with Crippen LogP contribution in [0, 0.1) is 11.7 Å². The maximum absolute atomic E-state index is 14.2. The highest BCUT2D eigenvalue weighted by Gasteiger charge is 2.26. The van der Waals surface area contributed by atoms with Crippen LogP contribution in [0.25, 0.3) is 10.9 Å².